The lowest BCUT2D eigenvalue weighted by Crippen LogP contribution is -2.32. The molecule has 0 spiro atoms. The van der Waals surface area contributed by atoms with Crippen LogP contribution in [0.5, 0.6) is 11.5 Å². The molecule has 1 heterocycles. The summed E-state index contributed by atoms with van der Waals surface area (Å²) in [7, 11) is 1.39. The van der Waals surface area contributed by atoms with Gasteiger partial charge < -0.3 is 14.8 Å². The molecular formula is C29H22N4O7S. The first kappa shape index (κ1) is 28.4. The maximum Gasteiger partial charge on any atom is 0.343 e. The Morgan fingerprint density at radius 3 is 2.34 bits per heavy atom. The lowest BCUT2D eigenvalue weighted by molar-refractivity contribution is -0.384. The second kappa shape index (κ2) is 13.4. The number of nitrogens with one attached hydrogen (secondary N) is 2. The lowest BCUT2D eigenvalue weighted by Gasteiger charge is -2.10. The van der Waals surface area contributed by atoms with E-state index < -0.39 is 22.7 Å². The maximum atomic E-state index is 12.9. The Hall–Kier alpha value is -5.62. The average Bonchev–Trinajstić information content (AvgIpc) is 3.51. The molecule has 3 aromatic carbocycles. The number of carbonyl (C=O) groups excluding carboxylic acids is 3. The number of esters is 1. The summed E-state index contributed by atoms with van der Waals surface area (Å²) in [5.41, 5.74) is 3.27. The molecule has 0 atom stereocenters. The van der Waals surface area contributed by atoms with Crippen molar-refractivity contribution in [3.8, 4) is 11.5 Å². The molecule has 0 unspecified atom stereocenters. The van der Waals surface area contributed by atoms with E-state index in [0.717, 1.165) is 4.88 Å². The zero-order valence-electron chi connectivity index (χ0n) is 21.5. The van der Waals surface area contributed by atoms with Gasteiger partial charge in [-0.15, -0.1) is 11.3 Å². The Labute approximate surface area is 237 Å². The number of non-ortho nitro benzene ring substituents is 1. The van der Waals surface area contributed by atoms with Gasteiger partial charge in [-0.25, -0.2) is 10.2 Å². The number of hydrogen-bond acceptors (Lipinski definition) is 9. The second-order valence-corrected chi connectivity index (χ2v) is 9.18. The van der Waals surface area contributed by atoms with Crippen molar-refractivity contribution in [1.82, 2.24) is 10.7 Å². The fourth-order valence-corrected chi connectivity index (χ4v) is 4.07. The van der Waals surface area contributed by atoms with Crippen molar-refractivity contribution in [3.63, 3.8) is 0 Å². The van der Waals surface area contributed by atoms with Crippen molar-refractivity contribution < 1.29 is 28.8 Å². The summed E-state index contributed by atoms with van der Waals surface area (Å²) in [4.78, 5) is 49.0. The molecule has 0 saturated heterocycles. The highest BCUT2D eigenvalue weighted by atomic mass is 32.1. The third kappa shape index (κ3) is 7.71. The molecule has 41 heavy (non-hydrogen) atoms. The zero-order valence-corrected chi connectivity index (χ0v) is 22.3. The van der Waals surface area contributed by atoms with E-state index in [0.29, 0.717) is 11.1 Å². The number of nitro benzene ring substituents is 1. The number of benzene rings is 3. The van der Waals surface area contributed by atoms with Crippen LogP contribution in [0.4, 0.5) is 5.69 Å². The molecule has 4 aromatic rings. The normalized spacial score (nSPS) is 11.1. The molecule has 2 amide bonds. The Kier molecular flexibility index (Phi) is 9.31. The van der Waals surface area contributed by atoms with Crippen LogP contribution in [0, 0.1) is 10.1 Å². The van der Waals surface area contributed by atoms with Crippen LogP contribution in [0.25, 0.3) is 6.08 Å². The quantitative estimate of drug-likeness (QED) is 0.0694. The van der Waals surface area contributed by atoms with Crippen LogP contribution in [-0.4, -0.2) is 36.0 Å². The number of hydrazone groups is 1. The minimum Gasteiger partial charge on any atom is -0.493 e. The molecule has 1 aromatic heterocycles. The highest BCUT2D eigenvalue weighted by Gasteiger charge is 2.16. The first-order chi connectivity index (χ1) is 19.8. The van der Waals surface area contributed by atoms with E-state index in [9.17, 15) is 24.5 Å². The number of nitrogens with zero attached hydrogens (tertiary/aromatic N) is 2. The molecule has 0 bridgehead atoms. The van der Waals surface area contributed by atoms with Crippen LogP contribution in [0.1, 0.15) is 31.2 Å². The lowest BCUT2D eigenvalue weighted by atomic mass is 10.2. The van der Waals surface area contributed by atoms with Gasteiger partial charge in [-0.2, -0.15) is 5.10 Å². The van der Waals surface area contributed by atoms with Crippen LogP contribution >= 0.6 is 11.3 Å². The molecule has 0 aliphatic carbocycles. The number of nitro groups is 1. The number of hydrogen-bond donors (Lipinski definition) is 2. The van der Waals surface area contributed by atoms with E-state index >= 15 is 0 Å². The van der Waals surface area contributed by atoms with Gasteiger partial charge >= 0.3 is 5.97 Å². The molecule has 4 rings (SSSR count). The largest absolute Gasteiger partial charge is 0.493 e. The van der Waals surface area contributed by atoms with Crippen LogP contribution in [0.2, 0.25) is 0 Å². The standard InChI is InChI=1S/C29H22N4O7S/c1-39-26-16-19(9-14-25(26)40-29(36)21-10-12-22(13-11-21)33(37)38)18-30-32-28(35)24(17-23-8-5-15-41-23)31-27(34)20-6-3-2-4-7-20/h2-18H,1H3,(H,31,34)(H,32,35)/b24-17+,30-18-. The average molecular weight is 571 g/mol. The number of carbonyl (C=O) groups is 3. The highest BCUT2D eigenvalue weighted by Crippen LogP contribution is 2.28. The zero-order chi connectivity index (χ0) is 29.2. The Bertz CT molecular complexity index is 1620. The Morgan fingerprint density at radius 2 is 1.68 bits per heavy atom. The predicted octanol–water partition coefficient (Wildman–Crippen LogP) is 4.81. The fraction of sp³-hybridized carbons (Fsp3) is 0.0345. The molecule has 0 aliphatic heterocycles. The smallest absolute Gasteiger partial charge is 0.343 e. The van der Waals surface area contributed by atoms with Gasteiger partial charge in [-0.1, -0.05) is 24.3 Å². The topological polar surface area (TPSA) is 149 Å². The third-order valence-electron chi connectivity index (χ3n) is 5.44. The molecule has 11 nitrogen and oxygen atoms in total. The van der Waals surface area contributed by atoms with E-state index in [1.54, 1.807) is 48.5 Å². The minimum absolute atomic E-state index is 0.00420. The number of methoxy groups -OCH3 is 1. The first-order valence-corrected chi connectivity index (χ1v) is 12.8. The van der Waals surface area contributed by atoms with Gasteiger partial charge in [0.1, 0.15) is 5.70 Å². The summed E-state index contributed by atoms with van der Waals surface area (Å²) in [5, 5.41) is 19.3. The Morgan fingerprint density at radius 1 is 0.927 bits per heavy atom. The van der Waals surface area contributed by atoms with Crippen LogP contribution in [-0.2, 0) is 4.79 Å². The van der Waals surface area contributed by atoms with Gasteiger partial charge in [0.15, 0.2) is 11.5 Å². The van der Waals surface area contributed by atoms with E-state index in [1.165, 1.54) is 61.1 Å². The van der Waals surface area contributed by atoms with Crippen molar-refractivity contribution in [3.05, 3.63) is 128 Å². The van der Waals surface area contributed by atoms with Gasteiger partial charge in [0, 0.05) is 22.6 Å². The van der Waals surface area contributed by atoms with E-state index in [2.05, 4.69) is 15.8 Å². The van der Waals surface area contributed by atoms with E-state index in [1.807, 2.05) is 11.4 Å². The van der Waals surface area contributed by atoms with E-state index in [4.69, 9.17) is 9.47 Å². The Balaban J connectivity index is 1.43. The molecular weight excluding hydrogens is 548 g/mol. The van der Waals surface area contributed by atoms with Gasteiger partial charge in [0.2, 0.25) is 0 Å². The minimum atomic E-state index is -0.727. The van der Waals surface area contributed by atoms with Gasteiger partial charge in [0.25, 0.3) is 17.5 Å². The van der Waals surface area contributed by atoms with Gasteiger partial charge in [0.05, 0.1) is 23.8 Å². The second-order valence-electron chi connectivity index (χ2n) is 8.20. The van der Waals surface area contributed by atoms with Gasteiger partial charge in [-0.3, -0.25) is 19.7 Å². The van der Waals surface area contributed by atoms with Crippen molar-refractivity contribution in [2.45, 2.75) is 0 Å². The van der Waals surface area contributed by atoms with Crippen molar-refractivity contribution >= 4 is 47.1 Å². The van der Waals surface area contributed by atoms with Crippen LogP contribution in [0.3, 0.4) is 0 Å². The van der Waals surface area contributed by atoms with Crippen LogP contribution in [0.15, 0.2) is 101 Å². The first-order valence-electron chi connectivity index (χ1n) is 11.9. The summed E-state index contributed by atoms with van der Waals surface area (Å²) in [5.74, 6) is -1.49. The molecule has 12 heteroatoms. The number of amides is 2. The van der Waals surface area contributed by atoms with Gasteiger partial charge in [-0.05, 0) is 65.6 Å². The molecule has 0 aliphatic rings. The molecule has 0 radical (unpaired) electrons. The molecule has 206 valence electrons. The SMILES string of the molecule is COc1cc(/C=N\NC(=O)/C(=C\c2cccs2)NC(=O)c2ccccc2)ccc1OC(=O)c1ccc([N+](=O)[O-])cc1. The number of rotatable bonds is 10. The van der Waals surface area contributed by atoms with Crippen molar-refractivity contribution in [2.75, 3.05) is 7.11 Å². The summed E-state index contributed by atoms with van der Waals surface area (Å²) in [6.07, 6.45) is 2.90. The summed E-state index contributed by atoms with van der Waals surface area (Å²) >= 11 is 1.40. The van der Waals surface area contributed by atoms with E-state index in [-0.39, 0.29) is 28.4 Å². The fourth-order valence-electron chi connectivity index (χ4n) is 3.41. The summed E-state index contributed by atoms with van der Waals surface area (Å²) in [6.45, 7) is 0. The number of thiophene rings is 1. The number of ether oxygens (including phenoxy) is 2. The summed E-state index contributed by atoms with van der Waals surface area (Å²) < 4.78 is 10.7. The van der Waals surface area contributed by atoms with Crippen molar-refractivity contribution in [2.24, 2.45) is 5.10 Å². The third-order valence-corrected chi connectivity index (χ3v) is 6.26. The molecule has 2 N–H and O–H groups in total. The maximum absolute atomic E-state index is 12.9. The van der Waals surface area contributed by atoms with Crippen LogP contribution < -0.4 is 20.2 Å². The monoisotopic (exact) mass is 570 g/mol. The predicted molar refractivity (Wildman–Crippen MR) is 153 cm³/mol. The summed E-state index contributed by atoms with van der Waals surface area (Å²) in [6, 6.07) is 21.7. The molecule has 0 fully saturated rings. The van der Waals surface area contributed by atoms with Crippen molar-refractivity contribution in [1.29, 1.82) is 0 Å². The highest BCUT2D eigenvalue weighted by molar-refractivity contribution is 7.10. The molecule has 0 saturated carbocycles.